The number of sulfonamides is 1. The molecule has 0 bridgehead atoms. The van der Waals surface area contributed by atoms with Crippen molar-refractivity contribution >= 4 is 38.9 Å². The van der Waals surface area contributed by atoms with E-state index in [1.807, 2.05) is 30.3 Å². The zero-order valence-electron chi connectivity index (χ0n) is 17.5. The molecule has 0 unspecified atom stereocenters. The third-order valence-electron chi connectivity index (χ3n) is 4.40. The lowest BCUT2D eigenvalue weighted by molar-refractivity contribution is -0.119. The molecular weight excluding hydrogens is 450 g/mol. The standard InChI is InChI=1S/C23H22ClN3O4S/c1-17(18-8-10-19(24)11-9-18)25-26-23(28)16-27(32(2,29)30)20-12-14-22(15-13-20)31-21-6-4-3-5-7-21/h3-15H,16H2,1-2H3,(H,26,28). The van der Waals surface area contributed by atoms with Crippen molar-refractivity contribution in [1.29, 1.82) is 0 Å². The fourth-order valence-corrected chi connectivity index (χ4v) is 3.76. The Labute approximate surface area is 192 Å². The number of amides is 1. The van der Waals surface area contributed by atoms with Crippen molar-refractivity contribution < 1.29 is 17.9 Å². The molecule has 1 amide bonds. The van der Waals surface area contributed by atoms with Gasteiger partial charge in [-0.15, -0.1) is 0 Å². The van der Waals surface area contributed by atoms with Gasteiger partial charge in [0, 0.05) is 5.02 Å². The molecule has 9 heteroatoms. The van der Waals surface area contributed by atoms with E-state index in [9.17, 15) is 13.2 Å². The van der Waals surface area contributed by atoms with Crippen LogP contribution >= 0.6 is 11.6 Å². The maximum absolute atomic E-state index is 12.4. The van der Waals surface area contributed by atoms with E-state index in [2.05, 4.69) is 10.5 Å². The fourth-order valence-electron chi connectivity index (χ4n) is 2.77. The second-order valence-corrected chi connectivity index (χ2v) is 9.26. The summed E-state index contributed by atoms with van der Waals surface area (Å²) < 4.78 is 31.3. The molecule has 0 aliphatic heterocycles. The average molecular weight is 472 g/mol. The first-order valence-electron chi connectivity index (χ1n) is 9.62. The van der Waals surface area contributed by atoms with Gasteiger partial charge >= 0.3 is 0 Å². The van der Waals surface area contributed by atoms with E-state index in [0.29, 0.717) is 27.9 Å². The summed E-state index contributed by atoms with van der Waals surface area (Å²) in [6, 6.07) is 22.6. The first-order chi connectivity index (χ1) is 15.2. The molecule has 0 saturated carbocycles. The van der Waals surface area contributed by atoms with Gasteiger partial charge in [-0.25, -0.2) is 13.8 Å². The van der Waals surface area contributed by atoms with Crippen LogP contribution in [-0.2, 0) is 14.8 Å². The smallest absolute Gasteiger partial charge is 0.260 e. The molecule has 7 nitrogen and oxygen atoms in total. The van der Waals surface area contributed by atoms with E-state index in [4.69, 9.17) is 16.3 Å². The second-order valence-electron chi connectivity index (χ2n) is 6.92. The van der Waals surface area contributed by atoms with E-state index < -0.39 is 22.5 Å². The number of rotatable bonds is 8. The largest absolute Gasteiger partial charge is 0.457 e. The number of para-hydroxylation sites is 1. The van der Waals surface area contributed by atoms with Crippen molar-refractivity contribution in [2.75, 3.05) is 17.1 Å². The number of hydrogen-bond acceptors (Lipinski definition) is 5. The van der Waals surface area contributed by atoms with Crippen molar-refractivity contribution in [3.63, 3.8) is 0 Å². The number of nitrogens with zero attached hydrogens (tertiary/aromatic N) is 2. The van der Waals surface area contributed by atoms with Gasteiger partial charge in [0.1, 0.15) is 18.0 Å². The number of hydrazone groups is 1. The van der Waals surface area contributed by atoms with Gasteiger partial charge < -0.3 is 4.74 Å². The Kier molecular flexibility index (Phi) is 7.50. The molecule has 0 spiro atoms. The summed E-state index contributed by atoms with van der Waals surface area (Å²) >= 11 is 5.87. The van der Waals surface area contributed by atoms with Crippen molar-refractivity contribution in [2.45, 2.75) is 6.92 Å². The number of benzene rings is 3. The molecule has 0 saturated heterocycles. The van der Waals surface area contributed by atoms with Crippen molar-refractivity contribution in [2.24, 2.45) is 5.10 Å². The summed E-state index contributed by atoms with van der Waals surface area (Å²) in [7, 11) is -3.71. The minimum Gasteiger partial charge on any atom is -0.457 e. The van der Waals surface area contributed by atoms with Gasteiger partial charge in [-0.05, 0) is 61.0 Å². The summed E-state index contributed by atoms with van der Waals surface area (Å²) in [5.41, 5.74) is 4.07. The molecule has 32 heavy (non-hydrogen) atoms. The number of nitrogens with one attached hydrogen (secondary N) is 1. The first kappa shape index (κ1) is 23.3. The van der Waals surface area contributed by atoms with Crippen LogP contribution in [-0.4, -0.2) is 32.8 Å². The predicted octanol–water partition coefficient (Wildman–Crippen LogP) is 4.44. The molecule has 0 aliphatic rings. The average Bonchev–Trinajstić information content (AvgIpc) is 2.77. The third kappa shape index (κ3) is 6.57. The Morgan fingerprint density at radius 1 is 0.969 bits per heavy atom. The maximum atomic E-state index is 12.4. The Morgan fingerprint density at radius 2 is 1.56 bits per heavy atom. The Hall–Kier alpha value is -3.36. The minimum atomic E-state index is -3.71. The summed E-state index contributed by atoms with van der Waals surface area (Å²) in [4.78, 5) is 12.4. The highest BCUT2D eigenvalue weighted by Crippen LogP contribution is 2.25. The van der Waals surface area contributed by atoms with Crippen LogP contribution in [0.15, 0.2) is 84.0 Å². The monoisotopic (exact) mass is 471 g/mol. The van der Waals surface area contributed by atoms with Gasteiger partial charge in [-0.2, -0.15) is 5.10 Å². The number of ether oxygens (including phenoxy) is 1. The molecule has 0 fully saturated rings. The normalized spacial score (nSPS) is 11.7. The van der Waals surface area contributed by atoms with E-state index in [-0.39, 0.29) is 0 Å². The first-order valence-corrected chi connectivity index (χ1v) is 11.8. The number of carbonyl (C=O) groups is 1. The lowest BCUT2D eigenvalue weighted by Gasteiger charge is -2.21. The molecular formula is C23H22ClN3O4S. The Bertz CT molecular complexity index is 1200. The fraction of sp³-hybridized carbons (Fsp3) is 0.130. The SMILES string of the molecule is CC(=NNC(=O)CN(c1ccc(Oc2ccccc2)cc1)S(C)(=O)=O)c1ccc(Cl)cc1. The topological polar surface area (TPSA) is 88.1 Å². The molecule has 0 radical (unpaired) electrons. The van der Waals surface area contributed by atoms with Gasteiger partial charge in [0.25, 0.3) is 5.91 Å². The number of hydrogen-bond donors (Lipinski definition) is 1. The van der Waals surface area contributed by atoms with Crippen LogP contribution in [0.25, 0.3) is 0 Å². The van der Waals surface area contributed by atoms with Crippen LogP contribution in [0, 0.1) is 0 Å². The van der Waals surface area contributed by atoms with E-state index in [1.165, 1.54) is 0 Å². The Morgan fingerprint density at radius 3 is 2.16 bits per heavy atom. The quantitative estimate of drug-likeness (QED) is 0.388. The van der Waals surface area contributed by atoms with Gasteiger partial charge in [0.05, 0.1) is 17.7 Å². The predicted molar refractivity (Wildman–Crippen MR) is 127 cm³/mol. The molecule has 166 valence electrons. The third-order valence-corrected chi connectivity index (χ3v) is 5.79. The highest BCUT2D eigenvalue weighted by atomic mass is 35.5. The van der Waals surface area contributed by atoms with Crippen LogP contribution in [0.4, 0.5) is 5.69 Å². The lowest BCUT2D eigenvalue weighted by Crippen LogP contribution is -2.39. The molecule has 0 aliphatic carbocycles. The summed E-state index contributed by atoms with van der Waals surface area (Å²) in [5.74, 6) is 0.628. The molecule has 0 aromatic heterocycles. The van der Waals surface area contributed by atoms with Gasteiger partial charge in [0.15, 0.2) is 0 Å². The lowest BCUT2D eigenvalue weighted by atomic mass is 10.1. The van der Waals surface area contributed by atoms with Gasteiger partial charge in [-0.1, -0.05) is 41.9 Å². The molecule has 3 rings (SSSR count). The highest BCUT2D eigenvalue weighted by Gasteiger charge is 2.21. The van der Waals surface area contributed by atoms with Crippen LogP contribution in [0.5, 0.6) is 11.5 Å². The van der Waals surface area contributed by atoms with E-state index in [0.717, 1.165) is 16.1 Å². The van der Waals surface area contributed by atoms with Crippen molar-refractivity contribution in [3.05, 3.63) is 89.4 Å². The summed E-state index contributed by atoms with van der Waals surface area (Å²) in [6.07, 6.45) is 1.04. The van der Waals surface area contributed by atoms with Crippen LogP contribution in [0.2, 0.25) is 5.02 Å². The van der Waals surface area contributed by atoms with Gasteiger partial charge in [-0.3, -0.25) is 9.10 Å². The van der Waals surface area contributed by atoms with Crippen LogP contribution < -0.4 is 14.5 Å². The number of anilines is 1. The van der Waals surface area contributed by atoms with E-state index >= 15 is 0 Å². The zero-order chi connectivity index (χ0) is 23.1. The molecule has 0 heterocycles. The maximum Gasteiger partial charge on any atom is 0.260 e. The summed E-state index contributed by atoms with van der Waals surface area (Å²) in [6.45, 7) is 1.30. The van der Waals surface area contributed by atoms with Crippen molar-refractivity contribution in [1.82, 2.24) is 5.43 Å². The minimum absolute atomic E-state index is 0.335. The molecule has 0 atom stereocenters. The van der Waals surface area contributed by atoms with Gasteiger partial charge in [0.2, 0.25) is 10.0 Å². The van der Waals surface area contributed by atoms with E-state index in [1.54, 1.807) is 55.5 Å². The number of halogens is 1. The Balaban J connectivity index is 1.69. The molecule has 1 N–H and O–H groups in total. The molecule has 3 aromatic rings. The van der Waals surface area contributed by atoms with Crippen LogP contribution in [0.3, 0.4) is 0 Å². The van der Waals surface area contributed by atoms with Crippen molar-refractivity contribution in [3.8, 4) is 11.5 Å². The summed E-state index contributed by atoms with van der Waals surface area (Å²) in [5, 5.41) is 4.64. The highest BCUT2D eigenvalue weighted by molar-refractivity contribution is 7.92. The van der Waals surface area contributed by atoms with Crippen LogP contribution in [0.1, 0.15) is 12.5 Å². The molecule has 3 aromatic carbocycles. The number of carbonyl (C=O) groups excluding carboxylic acids is 1. The second kappa shape index (κ2) is 10.3. The zero-order valence-corrected chi connectivity index (χ0v) is 19.1.